The van der Waals surface area contributed by atoms with Gasteiger partial charge in [-0.3, -0.25) is 24.6 Å². The van der Waals surface area contributed by atoms with Crippen molar-refractivity contribution in [2.45, 2.75) is 43.6 Å². The zero-order valence-electron chi connectivity index (χ0n) is 15.6. The fourth-order valence-corrected chi connectivity index (χ4v) is 5.33. The van der Waals surface area contributed by atoms with Gasteiger partial charge < -0.3 is 15.2 Å². The third-order valence-electron chi connectivity index (χ3n) is 6.58. The van der Waals surface area contributed by atoms with Crippen LogP contribution in [0.1, 0.15) is 25.3 Å². The number of likely N-dealkylation sites (tertiary alicyclic amines) is 1. The Balaban J connectivity index is 1.59. The van der Waals surface area contributed by atoms with Crippen LogP contribution in [0.4, 0.5) is 5.69 Å². The van der Waals surface area contributed by atoms with Crippen molar-refractivity contribution < 1.29 is 24.2 Å². The number of hydrogen-bond donors (Lipinski definition) is 3. The van der Waals surface area contributed by atoms with Gasteiger partial charge in [-0.2, -0.15) is 0 Å². The lowest BCUT2D eigenvalue weighted by Gasteiger charge is -2.30. The lowest BCUT2D eigenvalue weighted by molar-refractivity contribution is -0.144. The van der Waals surface area contributed by atoms with Gasteiger partial charge in [0.2, 0.25) is 17.7 Å². The quantitative estimate of drug-likeness (QED) is 0.631. The van der Waals surface area contributed by atoms with E-state index in [-0.39, 0.29) is 30.4 Å². The molecule has 3 fully saturated rings. The second-order valence-corrected chi connectivity index (χ2v) is 8.14. The van der Waals surface area contributed by atoms with Crippen LogP contribution in [0.2, 0.25) is 0 Å². The van der Waals surface area contributed by atoms with E-state index in [9.17, 15) is 19.5 Å². The van der Waals surface area contributed by atoms with Gasteiger partial charge in [-0.15, -0.1) is 0 Å². The molecular formula is C20H23N3O5. The number of anilines is 1. The summed E-state index contributed by atoms with van der Waals surface area (Å²) < 4.78 is 5.61. The van der Waals surface area contributed by atoms with Crippen molar-refractivity contribution in [2.75, 3.05) is 18.5 Å². The number of benzene rings is 1. The molecule has 3 amide bonds. The Morgan fingerprint density at radius 1 is 1.29 bits per heavy atom. The Kier molecular flexibility index (Phi) is 3.88. The van der Waals surface area contributed by atoms with E-state index >= 15 is 0 Å². The number of carbonyl (C=O) groups is 3. The van der Waals surface area contributed by atoms with Crippen LogP contribution in [0.3, 0.4) is 0 Å². The van der Waals surface area contributed by atoms with Crippen LogP contribution in [0, 0.1) is 11.8 Å². The van der Waals surface area contributed by atoms with E-state index in [0.717, 1.165) is 12.8 Å². The molecule has 3 N–H and O–H groups in total. The van der Waals surface area contributed by atoms with Crippen LogP contribution >= 0.6 is 0 Å². The van der Waals surface area contributed by atoms with Gasteiger partial charge in [0.1, 0.15) is 5.54 Å². The highest BCUT2D eigenvalue weighted by Crippen LogP contribution is 2.53. The average Bonchev–Trinajstić information content (AvgIpc) is 3.41. The fraction of sp³-hybridized carbons (Fsp3) is 0.550. The van der Waals surface area contributed by atoms with Crippen molar-refractivity contribution in [1.29, 1.82) is 0 Å². The van der Waals surface area contributed by atoms with Crippen LogP contribution in [0.25, 0.3) is 0 Å². The maximum Gasteiger partial charge on any atom is 0.250 e. The smallest absolute Gasteiger partial charge is 0.250 e. The molecule has 0 aliphatic carbocycles. The van der Waals surface area contributed by atoms with Crippen LogP contribution in [0.15, 0.2) is 24.3 Å². The molecule has 8 nitrogen and oxygen atoms in total. The van der Waals surface area contributed by atoms with Crippen LogP contribution in [-0.2, 0) is 24.7 Å². The number of rotatable bonds is 3. The molecule has 1 spiro atoms. The molecule has 4 aliphatic heterocycles. The highest BCUT2D eigenvalue weighted by molar-refractivity contribution is 6.15. The van der Waals surface area contributed by atoms with Crippen LogP contribution < -0.4 is 10.6 Å². The summed E-state index contributed by atoms with van der Waals surface area (Å²) in [4.78, 5) is 41.0. The van der Waals surface area contributed by atoms with E-state index in [2.05, 4.69) is 10.6 Å². The number of nitrogens with one attached hydrogen (secondary N) is 2. The van der Waals surface area contributed by atoms with Crippen LogP contribution in [0.5, 0.6) is 0 Å². The molecule has 0 bridgehead atoms. The molecule has 1 aromatic carbocycles. The number of aliphatic hydroxyl groups excluding tert-OH is 1. The third kappa shape index (κ3) is 2.19. The van der Waals surface area contributed by atoms with Gasteiger partial charge >= 0.3 is 0 Å². The molecule has 8 heteroatoms. The first-order valence-electron chi connectivity index (χ1n) is 9.78. The van der Waals surface area contributed by atoms with Crippen molar-refractivity contribution in [3.05, 3.63) is 29.8 Å². The lowest BCUT2D eigenvalue weighted by Crippen LogP contribution is -2.55. The molecule has 6 atom stereocenters. The van der Waals surface area contributed by atoms with E-state index in [1.807, 2.05) is 6.07 Å². The standard InChI is InChI=1S/C20H23N3O5/c1-10(24)16-14-15(18(26)23(17(14)25)9-11-5-4-8-28-11)20(22-16)12-6-2-3-7-13(12)21-19(20)27/h2-3,6-7,10-11,14-16,22,24H,4-5,8-9H2,1H3,(H,21,27)/t10-,11+,14+,15-,16-,20-/m0/s1. The van der Waals surface area contributed by atoms with Gasteiger partial charge in [-0.05, 0) is 25.8 Å². The Morgan fingerprint density at radius 3 is 2.79 bits per heavy atom. The summed E-state index contributed by atoms with van der Waals surface area (Å²) in [6.07, 6.45) is 0.654. The van der Waals surface area contributed by atoms with Crippen molar-refractivity contribution >= 4 is 23.4 Å². The Bertz CT molecular complexity index is 865. The number of aliphatic hydroxyl groups is 1. The van der Waals surface area contributed by atoms with Gasteiger partial charge in [0.25, 0.3) is 0 Å². The maximum atomic E-state index is 13.4. The number of carbonyl (C=O) groups excluding carboxylic acids is 3. The molecule has 0 aromatic heterocycles. The first kappa shape index (κ1) is 17.8. The van der Waals surface area contributed by atoms with Crippen LogP contribution in [-0.4, -0.2) is 59.1 Å². The predicted octanol–water partition coefficient (Wildman–Crippen LogP) is -0.0332. The fourth-order valence-electron chi connectivity index (χ4n) is 5.33. The molecule has 1 aromatic rings. The second-order valence-electron chi connectivity index (χ2n) is 8.14. The number of hydrogen-bond acceptors (Lipinski definition) is 6. The second kappa shape index (κ2) is 6.10. The van der Waals surface area contributed by atoms with E-state index < -0.39 is 29.5 Å². The molecular weight excluding hydrogens is 362 g/mol. The van der Waals surface area contributed by atoms with Gasteiger partial charge in [-0.25, -0.2) is 0 Å². The minimum absolute atomic E-state index is 0.162. The summed E-state index contributed by atoms with van der Waals surface area (Å²) >= 11 is 0. The zero-order chi connectivity index (χ0) is 19.6. The zero-order valence-corrected chi connectivity index (χ0v) is 15.6. The van der Waals surface area contributed by atoms with Crippen molar-refractivity contribution in [2.24, 2.45) is 11.8 Å². The van der Waals surface area contributed by atoms with Gasteiger partial charge in [-0.1, -0.05) is 18.2 Å². The number of fused-ring (bicyclic) bond motifs is 4. The minimum Gasteiger partial charge on any atom is -0.392 e. The van der Waals surface area contributed by atoms with E-state index in [0.29, 0.717) is 17.9 Å². The number of amides is 3. The summed E-state index contributed by atoms with van der Waals surface area (Å²) in [5.74, 6) is -2.73. The first-order chi connectivity index (χ1) is 13.4. The Labute approximate surface area is 162 Å². The minimum atomic E-state index is -1.35. The van der Waals surface area contributed by atoms with Gasteiger partial charge in [0.15, 0.2) is 0 Å². The summed E-state index contributed by atoms with van der Waals surface area (Å²) in [5, 5.41) is 16.4. The first-order valence-corrected chi connectivity index (χ1v) is 9.78. The molecule has 28 heavy (non-hydrogen) atoms. The van der Waals surface area contributed by atoms with E-state index in [1.54, 1.807) is 25.1 Å². The van der Waals surface area contributed by atoms with Gasteiger partial charge in [0.05, 0.1) is 30.6 Å². The molecule has 5 rings (SSSR count). The van der Waals surface area contributed by atoms with Crippen molar-refractivity contribution in [3.63, 3.8) is 0 Å². The molecule has 4 heterocycles. The Morgan fingerprint density at radius 2 is 2.07 bits per heavy atom. The molecule has 0 saturated carbocycles. The third-order valence-corrected chi connectivity index (χ3v) is 6.58. The number of imide groups is 1. The summed E-state index contributed by atoms with van der Waals surface area (Å²) in [6, 6.07) is 6.50. The summed E-state index contributed by atoms with van der Waals surface area (Å²) in [7, 11) is 0. The normalized spacial score (nSPS) is 37.5. The maximum absolute atomic E-state index is 13.4. The topological polar surface area (TPSA) is 108 Å². The van der Waals surface area contributed by atoms with E-state index in [4.69, 9.17) is 4.74 Å². The molecule has 0 unspecified atom stereocenters. The predicted molar refractivity (Wildman–Crippen MR) is 98.0 cm³/mol. The monoisotopic (exact) mass is 385 g/mol. The number of para-hydroxylation sites is 1. The molecule has 4 aliphatic rings. The Hall–Kier alpha value is -2.29. The van der Waals surface area contributed by atoms with Gasteiger partial charge in [0, 0.05) is 23.9 Å². The van der Waals surface area contributed by atoms with E-state index in [1.165, 1.54) is 4.90 Å². The summed E-state index contributed by atoms with van der Waals surface area (Å²) in [5.41, 5.74) is -0.0675. The van der Waals surface area contributed by atoms with Crippen molar-refractivity contribution in [3.8, 4) is 0 Å². The lowest BCUT2D eigenvalue weighted by atomic mass is 9.76. The summed E-state index contributed by atoms with van der Waals surface area (Å²) in [6.45, 7) is 2.41. The van der Waals surface area contributed by atoms with Crippen molar-refractivity contribution in [1.82, 2.24) is 10.2 Å². The molecule has 0 radical (unpaired) electrons. The molecule has 148 valence electrons. The molecule has 3 saturated heterocycles. The number of ether oxygens (including phenoxy) is 1. The average molecular weight is 385 g/mol. The highest BCUT2D eigenvalue weighted by atomic mass is 16.5. The largest absolute Gasteiger partial charge is 0.392 e. The SMILES string of the molecule is C[C@H](O)[C@@H]1N[C@]2(C(=O)Nc3ccccc32)[C@@H]2C(=O)N(C[C@H]3CCCO3)C(=O)[C@@H]12. The number of nitrogens with zero attached hydrogens (tertiary/aromatic N) is 1. The highest BCUT2D eigenvalue weighted by Gasteiger charge is 2.71.